The molecule has 0 amide bonds. The van der Waals surface area contributed by atoms with Crippen LogP contribution < -0.4 is 0 Å². The quantitative estimate of drug-likeness (QED) is 0.110. The number of rotatable bonds is 17. The van der Waals surface area contributed by atoms with Crippen LogP contribution in [0.1, 0.15) is 77.6 Å². The van der Waals surface area contributed by atoms with Crippen LogP contribution in [0.2, 0.25) is 0 Å². The maximum Gasteiger partial charge on any atom is 0.438 e. The van der Waals surface area contributed by atoms with Gasteiger partial charge in [0.05, 0.1) is 0 Å². The van der Waals surface area contributed by atoms with E-state index < -0.39 is 72.8 Å². The highest BCUT2D eigenvalue weighted by Gasteiger charge is 2.98. The third-order valence-corrected chi connectivity index (χ3v) is 6.09. The molecule has 0 spiro atoms. The van der Waals surface area contributed by atoms with Gasteiger partial charge in [0.25, 0.3) is 0 Å². The second-order valence-electron chi connectivity index (χ2n) is 9.16. The zero-order valence-electron chi connectivity index (χ0n) is 20.5. The minimum atomic E-state index is -8.97. The van der Waals surface area contributed by atoms with E-state index in [1.54, 1.807) is 0 Å². The zero-order valence-corrected chi connectivity index (χ0v) is 20.5. The molecule has 0 aliphatic heterocycles. The molecule has 0 nitrogen and oxygen atoms in total. The van der Waals surface area contributed by atoms with Crippen LogP contribution in [0, 0.1) is 0 Å². The first-order valence-electron chi connectivity index (χ1n) is 11.7. The fourth-order valence-electron chi connectivity index (χ4n) is 3.55. The molecule has 40 heavy (non-hydrogen) atoms. The summed E-state index contributed by atoms with van der Waals surface area (Å²) in [6.07, 6.45) is -15.4. The molecule has 0 aromatic heterocycles. The summed E-state index contributed by atoms with van der Waals surface area (Å²) in [6, 6.07) is 0. The van der Waals surface area contributed by atoms with Crippen molar-refractivity contribution >= 4 is 0 Å². The maximum atomic E-state index is 13.8. The molecular weight excluding hydrogens is 613 g/mol. The van der Waals surface area contributed by atoms with Crippen molar-refractivity contribution in [2.45, 2.75) is 131 Å². The molecule has 0 heterocycles. The van der Waals surface area contributed by atoms with Gasteiger partial charge in [0, 0.05) is 6.42 Å². The summed E-state index contributed by atoms with van der Waals surface area (Å²) in [6.45, 7) is 1.94. The maximum absolute atomic E-state index is 13.8. The average Bonchev–Trinajstić information content (AvgIpc) is 2.77. The highest BCUT2D eigenvalue weighted by molar-refractivity contribution is 5.19. The number of hydrogen-bond acceptors (Lipinski definition) is 0. The van der Waals surface area contributed by atoms with Gasteiger partial charge >= 0.3 is 53.6 Å². The van der Waals surface area contributed by atoms with E-state index >= 15 is 0 Å². The predicted octanol–water partition coefficient (Wildman–Crippen LogP) is 10.9. The molecule has 0 aliphatic carbocycles. The van der Waals surface area contributed by atoms with E-state index in [2.05, 4.69) is 0 Å². The molecule has 0 aliphatic rings. The summed E-state index contributed by atoms with van der Waals surface area (Å²) in [5.74, 6) is -49.3. The van der Waals surface area contributed by atoms with E-state index in [-0.39, 0.29) is 6.42 Å². The van der Waals surface area contributed by atoms with Crippen LogP contribution in [0.5, 0.6) is 0 Å². The van der Waals surface area contributed by atoms with Crippen LogP contribution in [0.3, 0.4) is 0 Å². The van der Waals surface area contributed by atoms with Crippen LogP contribution in [0.15, 0.2) is 0 Å². The Balaban J connectivity index is 5.94. The van der Waals surface area contributed by atoms with E-state index in [1.807, 2.05) is 6.92 Å². The molecule has 0 atom stereocenters. The molecule has 19 heteroatoms. The Kier molecular flexibility index (Phi) is 12.1. The van der Waals surface area contributed by atoms with Gasteiger partial charge in [-0.25, -0.2) is 4.39 Å². The molecule has 0 radical (unpaired) electrons. The standard InChI is InChI=1S/C21H25F19/c1-2-3-4-5-6-7-8-9-10-11-12-13(22,23)15(25,26)17(29,30)19(33,34)18(31,32)16(27,28)14(24,20(35,36)37)21(38,39)40/h2-12H2,1H3. The van der Waals surface area contributed by atoms with Crippen LogP contribution in [0.25, 0.3) is 0 Å². The van der Waals surface area contributed by atoms with E-state index in [0.717, 1.165) is 25.7 Å². The Labute approximate surface area is 215 Å². The SMILES string of the molecule is CCCCCCCCCCCCC(F)(F)C(F)(F)C(F)(F)C(F)(F)C(F)(F)C(F)(F)C(F)(C(F)(F)F)C(F)(F)F. The second-order valence-corrected chi connectivity index (χ2v) is 9.16. The number of unbranched alkanes of at least 4 members (excludes halogenated alkanes) is 9. The summed E-state index contributed by atoms with van der Waals surface area (Å²) in [5.41, 5.74) is -8.70. The monoisotopic (exact) mass is 638 g/mol. The van der Waals surface area contributed by atoms with Gasteiger partial charge in [0.15, 0.2) is 0 Å². The number of halogens is 19. The summed E-state index contributed by atoms with van der Waals surface area (Å²) in [5, 5.41) is 0. The van der Waals surface area contributed by atoms with Gasteiger partial charge in [-0.05, 0) is 6.42 Å². The molecule has 0 aromatic rings. The first-order chi connectivity index (χ1) is 17.6. The molecule has 0 unspecified atom stereocenters. The first-order valence-corrected chi connectivity index (χ1v) is 11.7. The Hall–Kier alpha value is -1.33. The highest BCUT2D eigenvalue weighted by Crippen LogP contribution is 2.66. The normalized spacial score (nSPS) is 15.6. The van der Waals surface area contributed by atoms with Crippen molar-refractivity contribution in [2.24, 2.45) is 0 Å². The fourth-order valence-corrected chi connectivity index (χ4v) is 3.55. The van der Waals surface area contributed by atoms with E-state index in [4.69, 9.17) is 0 Å². The summed E-state index contributed by atoms with van der Waals surface area (Å²) in [4.78, 5) is 0. The van der Waals surface area contributed by atoms with Crippen LogP contribution >= 0.6 is 0 Å². The van der Waals surface area contributed by atoms with Crippen molar-refractivity contribution < 1.29 is 83.4 Å². The predicted molar refractivity (Wildman–Crippen MR) is 102 cm³/mol. The van der Waals surface area contributed by atoms with E-state index in [9.17, 15) is 83.4 Å². The van der Waals surface area contributed by atoms with Crippen molar-refractivity contribution in [1.29, 1.82) is 0 Å². The molecule has 0 saturated heterocycles. The minimum absolute atomic E-state index is 0.0275. The molecule has 0 N–H and O–H groups in total. The minimum Gasteiger partial charge on any atom is -0.216 e. The van der Waals surface area contributed by atoms with Crippen LogP contribution in [0.4, 0.5) is 83.4 Å². The van der Waals surface area contributed by atoms with Crippen molar-refractivity contribution in [3.05, 3.63) is 0 Å². The molecular formula is C21H25F19. The Morgan fingerprint density at radius 2 is 0.600 bits per heavy atom. The van der Waals surface area contributed by atoms with E-state index in [0.29, 0.717) is 19.3 Å². The fraction of sp³-hybridized carbons (Fsp3) is 1.00. The lowest BCUT2D eigenvalue weighted by Gasteiger charge is -2.45. The molecule has 0 rings (SSSR count). The molecule has 242 valence electrons. The van der Waals surface area contributed by atoms with Crippen molar-refractivity contribution in [3.8, 4) is 0 Å². The van der Waals surface area contributed by atoms with Crippen molar-refractivity contribution in [2.75, 3.05) is 0 Å². The third-order valence-electron chi connectivity index (χ3n) is 6.09. The van der Waals surface area contributed by atoms with Gasteiger partial charge < -0.3 is 0 Å². The van der Waals surface area contributed by atoms with E-state index in [1.165, 1.54) is 0 Å². The highest BCUT2D eigenvalue weighted by atomic mass is 19.4. The van der Waals surface area contributed by atoms with Crippen LogP contribution in [-0.4, -0.2) is 53.6 Å². The van der Waals surface area contributed by atoms with Crippen LogP contribution in [-0.2, 0) is 0 Å². The summed E-state index contributed by atoms with van der Waals surface area (Å²) >= 11 is 0. The first kappa shape index (κ1) is 38.7. The molecule has 0 saturated carbocycles. The van der Waals surface area contributed by atoms with Gasteiger partial charge in [-0.15, -0.1) is 0 Å². The smallest absolute Gasteiger partial charge is 0.216 e. The topological polar surface area (TPSA) is 0 Å². The largest absolute Gasteiger partial charge is 0.438 e. The molecule has 0 bridgehead atoms. The zero-order chi connectivity index (χ0) is 32.3. The second kappa shape index (κ2) is 12.5. The van der Waals surface area contributed by atoms with Gasteiger partial charge in [-0.1, -0.05) is 64.7 Å². The average molecular weight is 638 g/mol. The Morgan fingerprint density at radius 1 is 0.325 bits per heavy atom. The lowest BCUT2D eigenvalue weighted by molar-refractivity contribution is -0.472. The van der Waals surface area contributed by atoms with Gasteiger partial charge in [0.2, 0.25) is 0 Å². The summed E-state index contributed by atoms with van der Waals surface area (Å²) in [7, 11) is 0. The Morgan fingerprint density at radius 3 is 0.925 bits per heavy atom. The molecule has 0 aromatic carbocycles. The van der Waals surface area contributed by atoms with Crippen molar-refractivity contribution in [1.82, 2.24) is 0 Å². The summed E-state index contributed by atoms with van der Waals surface area (Å²) < 4.78 is 253. The Bertz CT molecular complexity index is 764. The third kappa shape index (κ3) is 6.66. The number of hydrogen-bond donors (Lipinski definition) is 0. The van der Waals surface area contributed by atoms with Gasteiger partial charge in [-0.2, -0.15) is 79.0 Å². The van der Waals surface area contributed by atoms with Gasteiger partial charge in [0.1, 0.15) is 0 Å². The van der Waals surface area contributed by atoms with Crippen molar-refractivity contribution in [3.63, 3.8) is 0 Å². The lowest BCUT2D eigenvalue weighted by Crippen LogP contribution is -2.77. The van der Waals surface area contributed by atoms with Gasteiger partial charge in [-0.3, -0.25) is 0 Å². The lowest BCUT2D eigenvalue weighted by atomic mass is 9.83. The molecule has 0 fully saturated rings. The number of alkyl halides is 19.